The van der Waals surface area contributed by atoms with Gasteiger partial charge in [0, 0.05) is 11.8 Å². The zero-order valence-electron chi connectivity index (χ0n) is 12.5. The molecule has 0 unspecified atom stereocenters. The normalized spacial score (nSPS) is 23.8. The number of pyridine rings is 1. The van der Waals surface area contributed by atoms with E-state index in [0.29, 0.717) is 5.92 Å². The molecule has 0 aliphatic heterocycles. The maximum Gasteiger partial charge on any atom is 0.216 e. The van der Waals surface area contributed by atoms with Gasteiger partial charge in [-0.2, -0.15) is 4.39 Å². The van der Waals surface area contributed by atoms with Gasteiger partial charge in [0.25, 0.3) is 0 Å². The van der Waals surface area contributed by atoms with Crippen LogP contribution >= 0.6 is 0 Å². The van der Waals surface area contributed by atoms with Gasteiger partial charge in [0.2, 0.25) is 5.95 Å². The zero-order valence-corrected chi connectivity index (χ0v) is 12.5. The predicted molar refractivity (Wildman–Crippen MR) is 77.7 cm³/mol. The molecule has 1 aromatic rings. The van der Waals surface area contributed by atoms with Crippen molar-refractivity contribution in [3.05, 3.63) is 29.3 Å². The van der Waals surface area contributed by atoms with E-state index in [2.05, 4.69) is 18.8 Å². The minimum atomic E-state index is -0.292. The molecule has 0 aromatic carbocycles. The third-order valence-corrected chi connectivity index (χ3v) is 5.11. The molecule has 1 saturated carbocycles. The van der Waals surface area contributed by atoms with Crippen LogP contribution in [-0.2, 0) is 0 Å². The van der Waals surface area contributed by atoms with E-state index in [-0.39, 0.29) is 5.95 Å². The van der Waals surface area contributed by atoms with Gasteiger partial charge in [-0.15, -0.1) is 0 Å². The third-order valence-electron chi connectivity index (χ3n) is 5.11. The lowest BCUT2D eigenvalue weighted by Crippen LogP contribution is -2.21. The number of hydrogen-bond acceptors (Lipinski definition) is 1. The molecule has 1 heterocycles. The molecule has 1 aliphatic carbocycles. The summed E-state index contributed by atoms with van der Waals surface area (Å²) in [6, 6.07) is 2.01. The van der Waals surface area contributed by atoms with E-state index >= 15 is 0 Å². The average Bonchev–Trinajstić information content (AvgIpc) is 2.44. The smallest absolute Gasteiger partial charge is 0.216 e. The Morgan fingerprint density at radius 2 is 1.84 bits per heavy atom. The van der Waals surface area contributed by atoms with Gasteiger partial charge in [-0.05, 0) is 62.0 Å². The standard InChI is InChI=1S/C17H26FN/c1-4-13(5-2)14-6-8-15(9-7-14)16-10-11-19-17(18)12(16)3/h10-11,13-15H,4-9H2,1-3H3. The molecule has 0 bridgehead atoms. The average molecular weight is 263 g/mol. The fraction of sp³-hybridized carbons (Fsp3) is 0.706. The van der Waals surface area contributed by atoms with Crippen LogP contribution in [-0.4, -0.2) is 4.98 Å². The summed E-state index contributed by atoms with van der Waals surface area (Å²) in [4.78, 5) is 3.74. The molecule has 0 atom stereocenters. The minimum Gasteiger partial charge on any atom is -0.228 e. The van der Waals surface area contributed by atoms with E-state index in [4.69, 9.17) is 0 Å². The van der Waals surface area contributed by atoms with E-state index in [1.807, 2.05) is 13.0 Å². The van der Waals surface area contributed by atoms with E-state index in [1.54, 1.807) is 6.20 Å². The molecule has 1 nitrogen and oxygen atoms in total. The molecule has 0 radical (unpaired) electrons. The Labute approximate surface area is 116 Å². The van der Waals surface area contributed by atoms with Gasteiger partial charge in [-0.3, -0.25) is 0 Å². The van der Waals surface area contributed by atoms with Crippen LogP contribution in [0.25, 0.3) is 0 Å². The van der Waals surface area contributed by atoms with Crippen molar-refractivity contribution >= 4 is 0 Å². The van der Waals surface area contributed by atoms with Gasteiger partial charge in [0.05, 0.1) is 0 Å². The second-order valence-electron chi connectivity index (χ2n) is 6.00. The first kappa shape index (κ1) is 14.5. The molecule has 0 N–H and O–H groups in total. The van der Waals surface area contributed by atoms with Gasteiger partial charge in [0.15, 0.2) is 0 Å². The highest BCUT2D eigenvalue weighted by Crippen LogP contribution is 2.41. The molecule has 0 amide bonds. The van der Waals surface area contributed by atoms with Crippen LogP contribution in [0.5, 0.6) is 0 Å². The van der Waals surface area contributed by atoms with Crippen LogP contribution in [0.2, 0.25) is 0 Å². The Morgan fingerprint density at radius 3 is 2.42 bits per heavy atom. The lowest BCUT2D eigenvalue weighted by Gasteiger charge is -2.33. The van der Waals surface area contributed by atoms with Crippen molar-refractivity contribution in [1.29, 1.82) is 0 Å². The Balaban J connectivity index is 2.02. The first-order chi connectivity index (χ1) is 9.17. The third kappa shape index (κ3) is 3.16. The lowest BCUT2D eigenvalue weighted by atomic mass is 9.72. The zero-order chi connectivity index (χ0) is 13.8. The highest BCUT2D eigenvalue weighted by molar-refractivity contribution is 5.27. The Hall–Kier alpha value is -0.920. The van der Waals surface area contributed by atoms with E-state index in [0.717, 1.165) is 17.4 Å². The fourth-order valence-electron chi connectivity index (χ4n) is 3.82. The number of aromatic nitrogens is 1. The molecule has 1 aliphatic rings. The Bertz CT molecular complexity index is 404. The molecule has 1 aromatic heterocycles. The van der Waals surface area contributed by atoms with Gasteiger partial charge < -0.3 is 0 Å². The first-order valence-corrected chi connectivity index (χ1v) is 7.78. The van der Waals surface area contributed by atoms with Crippen LogP contribution in [0, 0.1) is 24.7 Å². The van der Waals surface area contributed by atoms with Crippen molar-refractivity contribution in [2.75, 3.05) is 0 Å². The predicted octanol–water partition coefficient (Wildman–Crippen LogP) is 5.24. The molecule has 19 heavy (non-hydrogen) atoms. The Kier molecular flexibility index (Phi) is 4.95. The largest absolute Gasteiger partial charge is 0.228 e. The molecule has 2 rings (SSSR count). The number of halogens is 1. The maximum atomic E-state index is 13.5. The van der Waals surface area contributed by atoms with Crippen LogP contribution in [0.15, 0.2) is 12.3 Å². The van der Waals surface area contributed by atoms with Crippen molar-refractivity contribution < 1.29 is 4.39 Å². The van der Waals surface area contributed by atoms with Crippen LogP contribution in [0.4, 0.5) is 4.39 Å². The fourth-order valence-corrected chi connectivity index (χ4v) is 3.82. The van der Waals surface area contributed by atoms with Gasteiger partial charge in [0.1, 0.15) is 0 Å². The van der Waals surface area contributed by atoms with Crippen molar-refractivity contribution in [3.63, 3.8) is 0 Å². The van der Waals surface area contributed by atoms with Gasteiger partial charge in [-0.1, -0.05) is 26.7 Å². The minimum absolute atomic E-state index is 0.292. The summed E-state index contributed by atoms with van der Waals surface area (Å²) in [5, 5.41) is 0. The van der Waals surface area contributed by atoms with Crippen molar-refractivity contribution in [3.8, 4) is 0 Å². The SMILES string of the molecule is CCC(CC)C1CCC(c2ccnc(F)c2C)CC1. The highest BCUT2D eigenvalue weighted by Gasteiger charge is 2.27. The van der Waals surface area contributed by atoms with Crippen LogP contribution in [0.1, 0.15) is 69.4 Å². The quantitative estimate of drug-likeness (QED) is 0.677. The van der Waals surface area contributed by atoms with Gasteiger partial charge in [-0.25, -0.2) is 4.98 Å². The van der Waals surface area contributed by atoms with Crippen molar-refractivity contribution in [1.82, 2.24) is 4.98 Å². The van der Waals surface area contributed by atoms with Crippen molar-refractivity contribution in [2.24, 2.45) is 11.8 Å². The molecular formula is C17H26FN. The van der Waals surface area contributed by atoms with E-state index < -0.39 is 0 Å². The van der Waals surface area contributed by atoms with E-state index in [9.17, 15) is 4.39 Å². The number of rotatable bonds is 4. The van der Waals surface area contributed by atoms with Crippen LogP contribution in [0.3, 0.4) is 0 Å². The first-order valence-electron chi connectivity index (χ1n) is 7.78. The second kappa shape index (κ2) is 6.49. The Morgan fingerprint density at radius 1 is 1.21 bits per heavy atom. The molecule has 0 spiro atoms. The van der Waals surface area contributed by atoms with Gasteiger partial charge >= 0.3 is 0 Å². The highest BCUT2D eigenvalue weighted by atomic mass is 19.1. The van der Waals surface area contributed by atoms with Crippen molar-refractivity contribution in [2.45, 2.75) is 65.2 Å². The molecule has 0 saturated heterocycles. The molecule has 106 valence electrons. The number of nitrogens with zero attached hydrogens (tertiary/aromatic N) is 1. The number of hydrogen-bond donors (Lipinski definition) is 0. The summed E-state index contributed by atoms with van der Waals surface area (Å²) in [6.45, 7) is 6.48. The lowest BCUT2D eigenvalue weighted by molar-refractivity contribution is 0.221. The summed E-state index contributed by atoms with van der Waals surface area (Å²) in [6.07, 6.45) is 9.26. The molecule has 1 fully saturated rings. The summed E-state index contributed by atoms with van der Waals surface area (Å²) in [5.74, 6) is 2.03. The summed E-state index contributed by atoms with van der Waals surface area (Å²) in [7, 11) is 0. The second-order valence-corrected chi connectivity index (χ2v) is 6.00. The topological polar surface area (TPSA) is 12.9 Å². The summed E-state index contributed by atoms with van der Waals surface area (Å²) < 4.78 is 13.5. The summed E-state index contributed by atoms with van der Waals surface area (Å²) in [5.41, 5.74) is 1.95. The maximum absolute atomic E-state index is 13.5. The summed E-state index contributed by atoms with van der Waals surface area (Å²) >= 11 is 0. The monoisotopic (exact) mass is 263 g/mol. The molecule has 2 heteroatoms. The van der Waals surface area contributed by atoms with E-state index in [1.165, 1.54) is 44.1 Å². The van der Waals surface area contributed by atoms with Crippen LogP contribution < -0.4 is 0 Å². The molecular weight excluding hydrogens is 237 g/mol.